The lowest BCUT2D eigenvalue weighted by Gasteiger charge is -2.32. The standard InChI is InChI=1S/C14H19N5O3S/c1-14(4-2-3-5-22-14)13-15-6-11(7-16-13)8-19-23(20,21)12-9-17-18-10-12/h6-7,9-10,19H,2-5,8H2,1H3,(H,17,18)/t14-/m1/s1. The predicted molar refractivity (Wildman–Crippen MR) is 81.8 cm³/mol. The van der Waals surface area contributed by atoms with Crippen molar-refractivity contribution in [2.75, 3.05) is 6.61 Å². The molecule has 124 valence electrons. The van der Waals surface area contributed by atoms with E-state index in [0.29, 0.717) is 18.0 Å². The van der Waals surface area contributed by atoms with Crippen LogP contribution in [-0.2, 0) is 26.9 Å². The number of ether oxygens (including phenoxy) is 1. The largest absolute Gasteiger partial charge is 0.367 e. The van der Waals surface area contributed by atoms with Gasteiger partial charge in [0.1, 0.15) is 10.5 Å². The van der Waals surface area contributed by atoms with Crippen LogP contribution < -0.4 is 4.72 Å². The smallest absolute Gasteiger partial charge is 0.243 e. The zero-order chi connectivity index (χ0) is 16.3. The normalized spacial score (nSPS) is 22.1. The Morgan fingerprint density at radius 2 is 2.09 bits per heavy atom. The molecule has 0 unspecified atom stereocenters. The number of hydrogen-bond donors (Lipinski definition) is 2. The number of rotatable bonds is 5. The molecule has 9 heteroatoms. The zero-order valence-corrected chi connectivity index (χ0v) is 13.6. The fraction of sp³-hybridized carbons (Fsp3) is 0.500. The van der Waals surface area contributed by atoms with Gasteiger partial charge in [-0.15, -0.1) is 0 Å². The fourth-order valence-electron chi connectivity index (χ4n) is 2.48. The SMILES string of the molecule is C[C@]1(c2ncc(CNS(=O)(=O)c3cn[nH]c3)cn2)CCCCO1. The lowest BCUT2D eigenvalue weighted by atomic mass is 9.95. The highest BCUT2D eigenvalue weighted by atomic mass is 32.2. The molecule has 3 rings (SSSR count). The summed E-state index contributed by atoms with van der Waals surface area (Å²) < 4.78 is 32.3. The molecule has 1 atom stereocenters. The molecule has 2 aromatic heterocycles. The molecule has 23 heavy (non-hydrogen) atoms. The first-order valence-electron chi connectivity index (χ1n) is 7.43. The van der Waals surface area contributed by atoms with Crippen molar-refractivity contribution in [2.24, 2.45) is 0 Å². The van der Waals surface area contributed by atoms with Gasteiger partial charge in [0, 0.05) is 37.3 Å². The van der Waals surface area contributed by atoms with Crippen LogP contribution in [0.25, 0.3) is 0 Å². The summed E-state index contributed by atoms with van der Waals surface area (Å²) in [6, 6.07) is 0. The average Bonchev–Trinajstić information content (AvgIpc) is 3.10. The zero-order valence-electron chi connectivity index (χ0n) is 12.8. The Balaban J connectivity index is 1.66. The summed E-state index contributed by atoms with van der Waals surface area (Å²) >= 11 is 0. The van der Waals surface area contributed by atoms with Crippen molar-refractivity contribution in [1.29, 1.82) is 0 Å². The van der Waals surface area contributed by atoms with Crippen LogP contribution >= 0.6 is 0 Å². The number of sulfonamides is 1. The summed E-state index contributed by atoms with van der Waals surface area (Å²) in [6.45, 7) is 2.82. The number of hydrogen-bond acceptors (Lipinski definition) is 6. The minimum absolute atomic E-state index is 0.0955. The topological polar surface area (TPSA) is 110 Å². The van der Waals surface area contributed by atoms with E-state index in [0.717, 1.165) is 19.3 Å². The second-order valence-corrected chi connectivity index (χ2v) is 7.48. The molecule has 0 saturated carbocycles. The maximum Gasteiger partial charge on any atom is 0.243 e. The second-order valence-electron chi connectivity index (χ2n) is 5.71. The van der Waals surface area contributed by atoms with Gasteiger partial charge in [0.15, 0.2) is 5.82 Å². The van der Waals surface area contributed by atoms with E-state index >= 15 is 0 Å². The van der Waals surface area contributed by atoms with Crippen LogP contribution in [-0.4, -0.2) is 35.2 Å². The highest BCUT2D eigenvalue weighted by Gasteiger charge is 2.32. The van der Waals surface area contributed by atoms with Crippen molar-refractivity contribution >= 4 is 10.0 Å². The number of aromatic amines is 1. The highest BCUT2D eigenvalue weighted by Crippen LogP contribution is 2.32. The van der Waals surface area contributed by atoms with Crippen molar-refractivity contribution in [3.63, 3.8) is 0 Å². The molecule has 8 nitrogen and oxygen atoms in total. The molecule has 1 aliphatic heterocycles. The summed E-state index contributed by atoms with van der Waals surface area (Å²) in [4.78, 5) is 8.79. The minimum Gasteiger partial charge on any atom is -0.367 e. The van der Waals surface area contributed by atoms with Crippen LogP contribution in [0.4, 0.5) is 0 Å². The monoisotopic (exact) mass is 337 g/mol. The molecule has 0 aromatic carbocycles. The van der Waals surface area contributed by atoms with Crippen LogP contribution in [0.1, 0.15) is 37.6 Å². The van der Waals surface area contributed by atoms with Gasteiger partial charge in [-0.3, -0.25) is 5.10 Å². The van der Waals surface area contributed by atoms with Gasteiger partial charge < -0.3 is 4.74 Å². The molecule has 1 saturated heterocycles. The van der Waals surface area contributed by atoms with Crippen molar-refractivity contribution < 1.29 is 13.2 Å². The Morgan fingerprint density at radius 1 is 1.30 bits per heavy atom. The van der Waals surface area contributed by atoms with E-state index in [1.54, 1.807) is 12.4 Å². The quantitative estimate of drug-likeness (QED) is 0.845. The molecule has 0 spiro atoms. The van der Waals surface area contributed by atoms with Crippen LogP contribution in [0.5, 0.6) is 0 Å². The molecular formula is C14H19N5O3S. The second kappa shape index (κ2) is 6.34. The van der Waals surface area contributed by atoms with Gasteiger partial charge in [-0.25, -0.2) is 23.1 Å². The summed E-state index contributed by atoms with van der Waals surface area (Å²) in [5, 5.41) is 6.11. The van der Waals surface area contributed by atoms with Gasteiger partial charge in [0.25, 0.3) is 0 Å². The van der Waals surface area contributed by atoms with Gasteiger partial charge in [0.05, 0.1) is 6.20 Å². The number of nitrogens with one attached hydrogen (secondary N) is 2. The first-order valence-corrected chi connectivity index (χ1v) is 8.92. The molecule has 2 aromatic rings. The van der Waals surface area contributed by atoms with Gasteiger partial charge in [-0.1, -0.05) is 0 Å². The molecule has 0 aliphatic carbocycles. The Morgan fingerprint density at radius 3 is 2.70 bits per heavy atom. The Hall–Kier alpha value is -1.84. The number of nitrogens with zero attached hydrogens (tertiary/aromatic N) is 3. The lowest BCUT2D eigenvalue weighted by Crippen LogP contribution is -2.32. The maximum absolute atomic E-state index is 12.0. The van der Waals surface area contributed by atoms with E-state index in [1.165, 1.54) is 12.4 Å². The van der Waals surface area contributed by atoms with E-state index in [4.69, 9.17) is 4.74 Å². The summed E-state index contributed by atoms with van der Waals surface area (Å²) in [5.41, 5.74) is 0.229. The van der Waals surface area contributed by atoms with Gasteiger partial charge in [-0.2, -0.15) is 5.10 Å². The van der Waals surface area contributed by atoms with Crippen LogP contribution in [0.15, 0.2) is 29.7 Å². The molecule has 0 radical (unpaired) electrons. The lowest BCUT2D eigenvalue weighted by molar-refractivity contribution is -0.0760. The van der Waals surface area contributed by atoms with E-state index in [9.17, 15) is 8.42 Å². The van der Waals surface area contributed by atoms with Crippen LogP contribution in [0.2, 0.25) is 0 Å². The third kappa shape index (κ3) is 3.57. The molecule has 2 N–H and O–H groups in total. The van der Waals surface area contributed by atoms with E-state index in [1.807, 2.05) is 6.92 Å². The molecule has 3 heterocycles. The highest BCUT2D eigenvalue weighted by molar-refractivity contribution is 7.89. The molecule has 1 fully saturated rings. The number of H-pyrrole nitrogens is 1. The molecule has 0 bridgehead atoms. The van der Waals surface area contributed by atoms with Crippen molar-refractivity contribution in [3.05, 3.63) is 36.2 Å². The van der Waals surface area contributed by atoms with Crippen molar-refractivity contribution in [3.8, 4) is 0 Å². The fourth-order valence-corrected chi connectivity index (χ4v) is 3.40. The summed E-state index contributed by atoms with van der Waals surface area (Å²) in [7, 11) is -3.58. The van der Waals surface area contributed by atoms with Crippen molar-refractivity contribution in [1.82, 2.24) is 24.9 Å². The van der Waals surface area contributed by atoms with Gasteiger partial charge in [-0.05, 0) is 26.2 Å². The third-order valence-electron chi connectivity index (χ3n) is 3.90. The predicted octanol–water partition coefficient (Wildman–Crippen LogP) is 1.09. The van der Waals surface area contributed by atoms with Gasteiger partial charge >= 0.3 is 0 Å². The van der Waals surface area contributed by atoms with E-state index in [-0.39, 0.29) is 11.4 Å². The van der Waals surface area contributed by atoms with Crippen LogP contribution in [0.3, 0.4) is 0 Å². The Kier molecular flexibility index (Phi) is 4.42. The Labute approximate surface area is 134 Å². The van der Waals surface area contributed by atoms with Gasteiger partial charge in [0.2, 0.25) is 10.0 Å². The van der Waals surface area contributed by atoms with E-state index < -0.39 is 15.6 Å². The molecule has 1 aliphatic rings. The Bertz CT molecular complexity index is 737. The third-order valence-corrected chi connectivity index (χ3v) is 5.27. The number of aromatic nitrogens is 4. The van der Waals surface area contributed by atoms with E-state index in [2.05, 4.69) is 24.9 Å². The first-order chi connectivity index (χ1) is 11.0. The van der Waals surface area contributed by atoms with Crippen molar-refractivity contribution in [2.45, 2.75) is 43.2 Å². The summed E-state index contributed by atoms with van der Waals surface area (Å²) in [6.07, 6.45) is 8.87. The maximum atomic E-state index is 12.0. The average molecular weight is 337 g/mol. The molecular weight excluding hydrogens is 318 g/mol. The molecule has 0 amide bonds. The minimum atomic E-state index is -3.58. The first kappa shape index (κ1) is 16.0. The van der Waals surface area contributed by atoms with Crippen LogP contribution in [0, 0.1) is 0 Å². The summed E-state index contributed by atoms with van der Waals surface area (Å²) in [5.74, 6) is 0.638.